The molecule has 1 unspecified atom stereocenters. The maximum Gasteiger partial charge on any atom is 0.501 e. The first-order chi connectivity index (χ1) is 11.9. The number of aliphatic hydroxyl groups is 1. The van der Waals surface area contributed by atoms with Gasteiger partial charge in [-0.15, -0.1) is 0 Å². The Bertz CT molecular complexity index is 885. The standard InChI is InChI=1S/C15H12F5NO4S/c16-14(17)5-9-10(25-8-3-7(4-8)6-21)1-2-11(12(9)13(14)22)26(23,24)15(18,19)20/h1-2,7-8,13,22H,3-5H2. The van der Waals surface area contributed by atoms with Crippen LogP contribution in [0.5, 0.6) is 5.75 Å². The number of ether oxygens (including phenoxy) is 1. The Morgan fingerprint density at radius 3 is 2.42 bits per heavy atom. The number of benzene rings is 1. The minimum Gasteiger partial charge on any atom is -0.490 e. The van der Waals surface area contributed by atoms with E-state index in [1.165, 1.54) is 0 Å². The van der Waals surface area contributed by atoms with E-state index in [1.54, 1.807) is 0 Å². The first-order valence-corrected chi connectivity index (χ1v) is 8.96. The van der Waals surface area contributed by atoms with Crippen molar-refractivity contribution in [3.8, 4) is 11.8 Å². The minimum atomic E-state index is -5.93. The van der Waals surface area contributed by atoms with Crippen molar-refractivity contribution in [3.05, 3.63) is 23.3 Å². The van der Waals surface area contributed by atoms with Gasteiger partial charge in [0.1, 0.15) is 18.0 Å². The lowest BCUT2D eigenvalue weighted by Gasteiger charge is -2.31. The van der Waals surface area contributed by atoms with Gasteiger partial charge in [0.2, 0.25) is 0 Å². The van der Waals surface area contributed by atoms with Gasteiger partial charge in [0, 0.05) is 30.4 Å². The predicted octanol–water partition coefficient (Wildman–Crippen LogP) is 2.89. The molecule has 0 radical (unpaired) electrons. The maximum atomic E-state index is 13.9. The Labute approximate surface area is 144 Å². The summed E-state index contributed by atoms with van der Waals surface area (Å²) in [6.45, 7) is 0. The Morgan fingerprint density at radius 2 is 1.88 bits per heavy atom. The zero-order valence-corrected chi connectivity index (χ0v) is 13.7. The molecule has 0 spiro atoms. The van der Waals surface area contributed by atoms with Crippen molar-refractivity contribution < 1.29 is 40.2 Å². The lowest BCUT2D eigenvalue weighted by atomic mass is 9.83. The fourth-order valence-electron chi connectivity index (χ4n) is 3.07. The molecular weight excluding hydrogens is 385 g/mol. The van der Waals surface area contributed by atoms with Gasteiger partial charge in [-0.25, -0.2) is 17.2 Å². The van der Waals surface area contributed by atoms with Crippen molar-refractivity contribution in [2.75, 3.05) is 0 Å². The molecule has 142 valence electrons. The monoisotopic (exact) mass is 397 g/mol. The molecule has 0 saturated heterocycles. The SMILES string of the molecule is N#CC1CC(Oc2ccc(S(=O)(=O)C(F)(F)F)c3c2CC(F)(F)C3O)C1. The average molecular weight is 397 g/mol. The van der Waals surface area contributed by atoms with E-state index >= 15 is 0 Å². The van der Waals surface area contributed by atoms with Crippen LogP contribution in [0.15, 0.2) is 17.0 Å². The molecule has 0 heterocycles. The van der Waals surface area contributed by atoms with E-state index in [1.807, 2.05) is 6.07 Å². The van der Waals surface area contributed by atoms with Crippen molar-refractivity contribution in [3.63, 3.8) is 0 Å². The van der Waals surface area contributed by atoms with Crippen LogP contribution in [-0.2, 0) is 16.3 Å². The molecule has 26 heavy (non-hydrogen) atoms. The van der Waals surface area contributed by atoms with Crippen LogP contribution < -0.4 is 4.74 Å². The van der Waals surface area contributed by atoms with E-state index in [-0.39, 0.29) is 11.7 Å². The summed E-state index contributed by atoms with van der Waals surface area (Å²) in [5, 5.41) is 18.5. The van der Waals surface area contributed by atoms with E-state index in [9.17, 15) is 35.5 Å². The van der Waals surface area contributed by atoms with Crippen LogP contribution in [0.4, 0.5) is 22.0 Å². The van der Waals surface area contributed by atoms with Crippen LogP contribution in [0.25, 0.3) is 0 Å². The Kier molecular flexibility index (Phi) is 4.19. The van der Waals surface area contributed by atoms with Crippen LogP contribution in [0.1, 0.15) is 30.1 Å². The lowest BCUT2D eigenvalue weighted by Crippen LogP contribution is -2.33. The summed E-state index contributed by atoms with van der Waals surface area (Å²) in [5.74, 6) is -4.30. The zero-order valence-electron chi connectivity index (χ0n) is 12.9. The second-order valence-electron chi connectivity index (χ2n) is 6.28. The van der Waals surface area contributed by atoms with E-state index in [4.69, 9.17) is 10.00 Å². The molecule has 1 atom stereocenters. The summed E-state index contributed by atoms with van der Waals surface area (Å²) in [7, 11) is -5.93. The summed E-state index contributed by atoms with van der Waals surface area (Å²) in [6.07, 6.45) is -3.67. The molecule has 0 amide bonds. The highest BCUT2D eigenvalue weighted by Crippen LogP contribution is 2.51. The molecule has 5 nitrogen and oxygen atoms in total. The number of fused-ring (bicyclic) bond motifs is 1. The number of nitriles is 1. The van der Waals surface area contributed by atoms with Gasteiger partial charge in [-0.05, 0) is 12.1 Å². The summed E-state index contributed by atoms with van der Waals surface area (Å²) in [5.41, 5.74) is -7.15. The molecule has 1 fully saturated rings. The molecule has 2 aliphatic carbocycles. The third kappa shape index (κ3) is 2.81. The lowest BCUT2D eigenvalue weighted by molar-refractivity contribution is -0.0979. The first-order valence-electron chi connectivity index (χ1n) is 7.47. The maximum absolute atomic E-state index is 13.9. The predicted molar refractivity (Wildman–Crippen MR) is 76.0 cm³/mol. The van der Waals surface area contributed by atoms with Gasteiger partial charge in [-0.1, -0.05) is 0 Å². The number of rotatable bonds is 3. The van der Waals surface area contributed by atoms with Crippen LogP contribution >= 0.6 is 0 Å². The van der Waals surface area contributed by atoms with Gasteiger partial charge in [-0.2, -0.15) is 18.4 Å². The van der Waals surface area contributed by atoms with Gasteiger partial charge in [-0.3, -0.25) is 0 Å². The molecule has 1 aromatic carbocycles. The summed E-state index contributed by atoms with van der Waals surface area (Å²) in [6, 6.07) is 3.39. The highest BCUT2D eigenvalue weighted by atomic mass is 32.2. The minimum absolute atomic E-state index is 0.210. The molecular formula is C15H12F5NO4S. The molecule has 1 saturated carbocycles. The smallest absolute Gasteiger partial charge is 0.490 e. The molecule has 0 bridgehead atoms. The van der Waals surface area contributed by atoms with Crippen LogP contribution in [0.2, 0.25) is 0 Å². The van der Waals surface area contributed by atoms with Crippen molar-refractivity contribution in [2.24, 2.45) is 5.92 Å². The largest absolute Gasteiger partial charge is 0.501 e. The van der Waals surface area contributed by atoms with Crippen LogP contribution in [-0.4, -0.2) is 31.1 Å². The normalized spacial score (nSPS) is 27.3. The van der Waals surface area contributed by atoms with E-state index < -0.39 is 55.9 Å². The third-order valence-corrected chi connectivity index (χ3v) is 6.07. The van der Waals surface area contributed by atoms with Crippen LogP contribution in [0.3, 0.4) is 0 Å². The molecule has 0 aromatic heterocycles. The fraction of sp³-hybridized carbons (Fsp3) is 0.533. The topological polar surface area (TPSA) is 87.4 Å². The number of sulfone groups is 1. The molecule has 1 aromatic rings. The Morgan fingerprint density at radius 1 is 1.27 bits per heavy atom. The Balaban J connectivity index is 2.06. The van der Waals surface area contributed by atoms with E-state index in [2.05, 4.69) is 0 Å². The highest BCUT2D eigenvalue weighted by molar-refractivity contribution is 7.92. The van der Waals surface area contributed by atoms with Gasteiger partial charge >= 0.3 is 5.51 Å². The quantitative estimate of drug-likeness (QED) is 0.793. The second-order valence-corrected chi connectivity index (χ2v) is 8.19. The van der Waals surface area contributed by atoms with Gasteiger partial charge in [0.25, 0.3) is 15.8 Å². The van der Waals surface area contributed by atoms with Crippen molar-refractivity contribution in [1.29, 1.82) is 5.26 Å². The van der Waals surface area contributed by atoms with Crippen LogP contribution in [0, 0.1) is 17.2 Å². The number of nitrogens with zero attached hydrogens (tertiary/aromatic N) is 1. The van der Waals surface area contributed by atoms with Crippen molar-refractivity contribution in [2.45, 2.75) is 47.8 Å². The van der Waals surface area contributed by atoms with Gasteiger partial charge in [0.05, 0.1) is 16.9 Å². The van der Waals surface area contributed by atoms with Gasteiger partial charge in [0.15, 0.2) is 0 Å². The number of halogens is 5. The average Bonchev–Trinajstić information content (AvgIpc) is 2.72. The number of hydrogen-bond acceptors (Lipinski definition) is 5. The van der Waals surface area contributed by atoms with E-state index in [0.717, 1.165) is 6.07 Å². The summed E-state index contributed by atoms with van der Waals surface area (Å²) >= 11 is 0. The van der Waals surface area contributed by atoms with Crippen molar-refractivity contribution in [1.82, 2.24) is 0 Å². The Hall–Kier alpha value is -1.93. The van der Waals surface area contributed by atoms with Crippen molar-refractivity contribution >= 4 is 9.84 Å². The molecule has 11 heteroatoms. The second kappa shape index (κ2) is 5.79. The fourth-order valence-corrected chi connectivity index (χ4v) is 4.09. The molecule has 0 aliphatic heterocycles. The third-order valence-electron chi connectivity index (χ3n) is 4.53. The highest BCUT2D eigenvalue weighted by Gasteiger charge is 2.55. The molecule has 2 aliphatic rings. The number of hydrogen-bond donors (Lipinski definition) is 1. The number of aliphatic hydroxyl groups excluding tert-OH is 1. The molecule has 1 N–H and O–H groups in total. The molecule has 3 rings (SSSR count). The number of alkyl halides is 5. The summed E-state index contributed by atoms with van der Waals surface area (Å²) in [4.78, 5) is -1.40. The summed E-state index contributed by atoms with van der Waals surface area (Å²) < 4.78 is 95.2. The van der Waals surface area contributed by atoms with E-state index in [0.29, 0.717) is 18.9 Å². The first kappa shape index (κ1) is 18.8. The van der Waals surface area contributed by atoms with Gasteiger partial charge < -0.3 is 9.84 Å². The zero-order chi connectivity index (χ0) is 19.5.